The van der Waals surface area contributed by atoms with Crippen molar-refractivity contribution in [3.05, 3.63) is 0 Å². The zero-order chi connectivity index (χ0) is 13.4. The van der Waals surface area contributed by atoms with Crippen LogP contribution < -0.4 is 10.0 Å². The van der Waals surface area contributed by atoms with Gasteiger partial charge < -0.3 is 5.32 Å². The molecule has 0 aliphatic carbocycles. The monoisotopic (exact) mass is 312 g/mol. The van der Waals surface area contributed by atoms with Crippen molar-refractivity contribution in [3.63, 3.8) is 0 Å². The molecule has 0 atom stereocenters. The lowest BCUT2D eigenvalue weighted by atomic mass is 10.3. The highest BCUT2D eigenvalue weighted by molar-refractivity contribution is 7.89. The van der Waals surface area contributed by atoms with Crippen LogP contribution in [0.1, 0.15) is 26.2 Å². The quantitative estimate of drug-likeness (QED) is 0.637. The fourth-order valence-electron chi connectivity index (χ4n) is 1.13. The van der Waals surface area contributed by atoms with Crippen LogP contribution >= 0.6 is 12.4 Å². The van der Waals surface area contributed by atoms with Gasteiger partial charge in [0.25, 0.3) is 0 Å². The van der Waals surface area contributed by atoms with Crippen molar-refractivity contribution >= 4 is 22.4 Å². The fraction of sp³-hybridized carbons (Fsp3) is 1.00. The van der Waals surface area contributed by atoms with Gasteiger partial charge in [0.05, 0.1) is 5.75 Å². The van der Waals surface area contributed by atoms with Gasteiger partial charge in [-0.15, -0.1) is 12.4 Å². The molecule has 0 fully saturated rings. The van der Waals surface area contributed by atoms with Crippen molar-refractivity contribution in [1.29, 1.82) is 0 Å². The normalized spacial score (nSPS) is 12.2. The van der Waals surface area contributed by atoms with Crippen molar-refractivity contribution in [1.82, 2.24) is 10.0 Å². The Labute approximate surface area is 112 Å². The molecule has 0 aliphatic heterocycles. The Morgan fingerprint density at radius 1 is 1.11 bits per heavy atom. The van der Waals surface area contributed by atoms with E-state index in [2.05, 4.69) is 10.0 Å². The van der Waals surface area contributed by atoms with E-state index in [0.717, 1.165) is 13.0 Å². The topological polar surface area (TPSA) is 58.2 Å². The first-order valence-electron chi connectivity index (χ1n) is 5.51. The van der Waals surface area contributed by atoms with Gasteiger partial charge in [0.15, 0.2) is 0 Å². The van der Waals surface area contributed by atoms with E-state index in [1.165, 1.54) is 0 Å². The van der Waals surface area contributed by atoms with Gasteiger partial charge in [-0.2, -0.15) is 13.2 Å². The molecule has 0 amide bonds. The zero-order valence-corrected chi connectivity index (χ0v) is 11.8. The maximum absolute atomic E-state index is 11.8. The highest BCUT2D eigenvalue weighted by Crippen LogP contribution is 2.21. The van der Waals surface area contributed by atoms with Crippen LogP contribution in [0.4, 0.5) is 13.2 Å². The van der Waals surface area contributed by atoms with E-state index < -0.39 is 34.8 Å². The van der Waals surface area contributed by atoms with E-state index in [9.17, 15) is 21.6 Å². The maximum atomic E-state index is 11.8. The summed E-state index contributed by atoms with van der Waals surface area (Å²) in [6.07, 6.45) is -4.82. The minimum atomic E-state index is -4.29. The Hall–Kier alpha value is -0.0500. The van der Waals surface area contributed by atoms with Gasteiger partial charge in [-0.3, -0.25) is 0 Å². The highest BCUT2D eigenvalue weighted by Gasteiger charge is 2.27. The van der Waals surface area contributed by atoms with Crippen LogP contribution in [0.5, 0.6) is 0 Å². The van der Waals surface area contributed by atoms with Crippen molar-refractivity contribution in [2.75, 3.05) is 25.4 Å². The van der Waals surface area contributed by atoms with Gasteiger partial charge in [-0.1, -0.05) is 6.92 Å². The summed E-state index contributed by atoms with van der Waals surface area (Å²) in [5.41, 5.74) is 0. The summed E-state index contributed by atoms with van der Waals surface area (Å²) in [5, 5.41) is 2.98. The lowest BCUT2D eigenvalue weighted by Gasteiger charge is -2.08. The van der Waals surface area contributed by atoms with Crippen molar-refractivity contribution < 1.29 is 21.6 Å². The molecule has 18 heavy (non-hydrogen) atoms. The minimum Gasteiger partial charge on any atom is -0.315 e. The van der Waals surface area contributed by atoms with Crippen LogP contribution in [-0.4, -0.2) is 40.0 Å². The molecule has 0 radical (unpaired) electrons. The molecule has 112 valence electrons. The Bertz CT molecular complexity index is 297. The van der Waals surface area contributed by atoms with Crippen molar-refractivity contribution in [3.8, 4) is 0 Å². The molecular formula is C9H20ClF3N2O2S. The van der Waals surface area contributed by atoms with E-state index >= 15 is 0 Å². The molecule has 0 aromatic heterocycles. The average Bonchev–Trinajstić information content (AvgIpc) is 2.14. The number of halogens is 4. The van der Waals surface area contributed by atoms with E-state index in [1.54, 1.807) is 0 Å². The molecule has 0 heterocycles. The van der Waals surface area contributed by atoms with Gasteiger partial charge in [-0.05, 0) is 19.4 Å². The molecule has 0 saturated carbocycles. The highest BCUT2D eigenvalue weighted by atomic mass is 35.5. The SMILES string of the molecule is CCCNCCNS(=O)(=O)CCCC(F)(F)F.Cl. The minimum absolute atomic E-state index is 0. The summed E-state index contributed by atoms with van der Waals surface area (Å²) < 4.78 is 60.1. The average molecular weight is 313 g/mol. The van der Waals surface area contributed by atoms with Gasteiger partial charge in [0.2, 0.25) is 10.0 Å². The lowest BCUT2D eigenvalue weighted by molar-refractivity contribution is -0.134. The summed E-state index contributed by atoms with van der Waals surface area (Å²) in [6.45, 7) is 3.45. The molecule has 4 nitrogen and oxygen atoms in total. The molecule has 2 N–H and O–H groups in total. The van der Waals surface area contributed by atoms with Crippen molar-refractivity contribution in [2.24, 2.45) is 0 Å². The maximum Gasteiger partial charge on any atom is 0.389 e. The number of nitrogens with one attached hydrogen (secondary N) is 2. The summed E-state index contributed by atoms with van der Waals surface area (Å²) in [6, 6.07) is 0. The Balaban J connectivity index is 0. The second kappa shape index (κ2) is 9.82. The van der Waals surface area contributed by atoms with Crippen LogP contribution in [0, 0.1) is 0 Å². The summed E-state index contributed by atoms with van der Waals surface area (Å²) in [7, 11) is -3.58. The van der Waals surface area contributed by atoms with E-state index in [-0.39, 0.29) is 19.0 Å². The van der Waals surface area contributed by atoms with E-state index in [1.807, 2.05) is 6.92 Å². The van der Waals surface area contributed by atoms with E-state index in [4.69, 9.17) is 0 Å². The van der Waals surface area contributed by atoms with Gasteiger partial charge in [0, 0.05) is 19.5 Å². The summed E-state index contributed by atoms with van der Waals surface area (Å²) in [4.78, 5) is 0. The molecular weight excluding hydrogens is 293 g/mol. The van der Waals surface area contributed by atoms with Crippen LogP contribution in [0.15, 0.2) is 0 Å². The third-order valence-corrected chi connectivity index (χ3v) is 3.39. The molecule has 0 unspecified atom stereocenters. The molecule has 0 spiro atoms. The van der Waals surface area contributed by atoms with Crippen LogP contribution in [0.2, 0.25) is 0 Å². The number of hydrogen-bond acceptors (Lipinski definition) is 3. The van der Waals surface area contributed by atoms with Crippen LogP contribution in [0.3, 0.4) is 0 Å². The molecule has 0 aromatic rings. The largest absolute Gasteiger partial charge is 0.389 e. The molecule has 0 bridgehead atoms. The third kappa shape index (κ3) is 14.0. The van der Waals surface area contributed by atoms with Crippen molar-refractivity contribution in [2.45, 2.75) is 32.4 Å². The summed E-state index contributed by atoms with van der Waals surface area (Å²) in [5.74, 6) is -0.486. The molecule has 0 rings (SSSR count). The fourth-order valence-corrected chi connectivity index (χ4v) is 2.21. The predicted octanol–water partition coefficient (Wildman–Crippen LogP) is 1.67. The van der Waals surface area contributed by atoms with E-state index in [0.29, 0.717) is 6.54 Å². The number of alkyl halides is 3. The smallest absolute Gasteiger partial charge is 0.315 e. The first-order valence-corrected chi connectivity index (χ1v) is 7.17. The van der Waals surface area contributed by atoms with Crippen LogP contribution in [-0.2, 0) is 10.0 Å². The standard InChI is InChI=1S/C9H19F3N2O2S.ClH/c1-2-5-13-6-7-14-17(15,16)8-3-4-9(10,11)12;/h13-14H,2-8H2,1H3;1H. The second-order valence-electron chi connectivity index (χ2n) is 3.68. The molecule has 0 aliphatic rings. The second-order valence-corrected chi connectivity index (χ2v) is 5.61. The zero-order valence-electron chi connectivity index (χ0n) is 10.2. The number of sulfonamides is 1. The molecule has 0 aromatic carbocycles. The Morgan fingerprint density at radius 2 is 1.72 bits per heavy atom. The first kappa shape index (κ1) is 20.3. The lowest BCUT2D eigenvalue weighted by Crippen LogP contribution is -2.33. The van der Waals surface area contributed by atoms with Gasteiger partial charge >= 0.3 is 6.18 Å². The number of hydrogen-bond donors (Lipinski definition) is 2. The number of rotatable bonds is 9. The summed E-state index contributed by atoms with van der Waals surface area (Å²) >= 11 is 0. The Kier molecular flexibility index (Phi) is 11.1. The van der Waals surface area contributed by atoms with Crippen LogP contribution in [0.25, 0.3) is 0 Å². The Morgan fingerprint density at radius 3 is 2.22 bits per heavy atom. The van der Waals surface area contributed by atoms with Gasteiger partial charge in [-0.25, -0.2) is 13.1 Å². The molecule has 9 heteroatoms. The first-order chi connectivity index (χ1) is 7.77. The predicted molar refractivity (Wildman–Crippen MR) is 67.5 cm³/mol. The van der Waals surface area contributed by atoms with Gasteiger partial charge in [0.1, 0.15) is 0 Å². The molecule has 0 saturated heterocycles. The third-order valence-electron chi connectivity index (χ3n) is 1.92.